The van der Waals surface area contributed by atoms with Gasteiger partial charge in [0.15, 0.2) is 0 Å². The third kappa shape index (κ3) is 14.1. The summed E-state index contributed by atoms with van der Waals surface area (Å²) in [6.07, 6.45) is 4.78. The lowest BCUT2D eigenvalue weighted by atomic mass is 10.2. The molecule has 0 spiro atoms. The van der Waals surface area contributed by atoms with Gasteiger partial charge >= 0.3 is 5.97 Å². The minimum Gasteiger partial charge on any atom is -0.491 e. The topological polar surface area (TPSA) is 212 Å². The normalized spacial score (nSPS) is 15.4. The Morgan fingerprint density at radius 1 is 0.463 bits per heavy atom. The molecule has 1 saturated heterocycles. The third-order valence-electron chi connectivity index (χ3n) is 7.50. The van der Waals surface area contributed by atoms with E-state index in [4.69, 9.17) is 42.7 Å². The number of ether oxygens (including phenoxy) is 8. The number of hydrogen-bond donors (Lipinski definition) is 0. The van der Waals surface area contributed by atoms with E-state index >= 15 is 0 Å². The summed E-state index contributed by atoms with van der Waals surface area (Å²) >= 11 is 0. The van der Waals surface area contributed by atoms with Crippen LogP contribution in [0.15, 0.2) is 42.5 Å². The fraction of sp³-hybridized carbons (Fsp3) is 0.514. The molecule has 1 aromatic rings. The summed E-state index contributed by atoms with van der Waals surface area (Å²) in [5.74, 6) is -3.12. The highest BCUT2D eigenvalue weighted by Gasteiger charge is 2.33. The standard InChI is InChI=1S/C35H43N3O16/c39-29-1-2-30(40)36(29)7-9-46-11-13-48-15-17-50-19-21-52-27-23-26(35(45)54-38-33(43)5-6-34(38)44)24-28(25-27)53-22-20-51-18-16-49-14-12-47-10-8-37-31(41)3-4-32(37)42/h1-4,23-25H,5-22H2. The monoisotopic (exact) mass is 761 g/mol. The Hall–Kier alpha value is -5.05. The van der Waals surface area contributed by atoms with Crippen LogP contribution in [0.5, 0.6) is 11.5 Å². The molecule has 3 aliphatic rings. The van der Waals surface area contributed by atoms with Gasteiger partial charge in [-0.2, -0.15) is 0 Å². The molecule has 19 nitrogen and oxygen atoms in total. The number of carbonyl (C=O) groups is 7. The quantitative estimate of drug-likeness (QED) is 0.0786. The van der Waals surface area contributed by atoms with Gasteiger partial charge in [0.1, 0.15) is 24.7 Å². The van der Waals surface area contributed by atoms with Crippen molar-refractivity contribution in [2.75, 3.05) is 106 Å². The summed E-state index contributed by atoms with van der Waals surface area (Å²) in [6, 6.07) is 4.32. The third-order valence-corrected chi connectivity index (χ3v) is 7.50. The van der Waals surface area contributed by atoms with Crippen LogP contribution in [0.1, 0.15) is 23.2 Å². The zero-order valence-corrected chi connectivity index (χ0v) is 29.6. The van der Waals surface area contributed by atoms with Crippen molar-refractivity contribution in [2.24, 2.45) is 0 Å². The Morgan fingerprint density at radius 3 is 1.17 bits per heavy atom. The molecule has 0 atom stereocenters. The molecule has 1 aromatic carbocycles. The van der Waals surface area contributed by atoms with Crippen molar-refractivity contribution >= 4 is 41.4 Å². The molecule has 54 heavy (non-hydrogen) atoms. The molecule has 0 N–H and O–H groups in total. The summed E-state index contributed by atoms with van der Waals surface area (Å²) in [5.41, 5.74) is -0.0198. The van der Waals surface area contributed by atoms with Crippen molar-refractivity contribution < 1.29 is 76.3 Å². The van der Waals surface area contributed by atoms with Gasteiger partial charge in [-0.15, -0.1) is 5.06 Å². The maximum Gasteiger partial charge on any atom is 0.364 e. The molecule has 0 aromatic heterocycles. The van der Waals surface area contributed by atoms with Gasteiger partial charge in [-0.25, -0.2) is 4.79 Å². The van der Waals surface area contributed by atoms with E-state index in [9.17, 15) is 33.6 Å². The fourth-order valence-electron chi connectivity index (χ4n) is 4.79. The van der Waals surface area contributed by atoms with E-state index in [0.717, 1.165) is 9.80 Å². The van der Waals surface area contributed by atoms with Crippen LogP contribution in [0.2, 0.25) is 0 Å². The molecule has 0 bridgehead atoms. The van der Waals surface area contributed by atoms with E-state index in [2.05, 4.69) is 0 Å². The molecule has 0 saturated carbocycles. The molecule has 6 amide bonds. The first kappa shape index (κ1) is 41.7. The summed E-state index contributed by atoms with van der Waals surface area (Å²) in [4.78, 5) is 90.0. The number of hydrogen-bond acceptors (Lipinski definition) is 16. The van der Waals surface area contributed by atoms with Gasteiger partial charge in [0, 0.05) is 43.2 Å². The molecule has 1 fully saturated rings. The number of benzene rings is 1. The predicted molar refractivity (Wildman–Crippen MR) is 181 cm³/mol. The van der Waals surface area contributed by atoms with Crippen LogP contribution in [0.3, 0.4) is 0 Å². The summed E-state index contributed by atoms with van der Waals surface area (Å²) in [5, 5.41) is 0.452. The molecule has 0 unspecified atom stereocenters. The molecule has 0 radical (unpaired) electrons. The van der Waals surface area contributed by atoms with Gasteiger partial charge in [-0.1, -0.05) is 0 Å². The maximum atomic E-state index is 12.9. The van der Waals surface area contributed by atoms with E-state index in [-0.39, 0.29) is 146 Å². The van der Waals surface area contributed by atoms with E-state index in [1.54, 1.807) is 6.07 Å². The van der Waals surface area contributed by atoms with Crippen LogP contribution in [0.4, 0.5) is 0 Å². The molecule has 4 rings (SSSR count). The van der Waals surface area contributed by atoms with Gasteiger partial charge in [0.05, 0.1) is 97.9 Å². The number of imide groups is 3. The number of amides is 6. The Bertz CT molecular complexity index is 1410. The number of nitrogens with zero attached hydrogens (tertiary/aromatic N) is 3. The summed E-state index contributed by atoms with van der Waals surface area (Å²) in [7, 11) is 0. The summed E-state index contributed by atoms with van der Waals surface area (Å²) < 4.78 is 44.2. The number of hydroxylamine groups is 2. The predicted octanol–water partition coefficient (Wildman–Crippen LogP) is -0.385. The smallest absolute Gasteiger partial charge is 0.364 e. The lowest BCUT2D eigenvalue weighted by molar-refractivity contribution is -0.172. The molecule has 3 heterocycles. The highest BCUT2D eigenvalue weighted by molar-refractivity contribution is 6.13. The van der Waals surface area contributed by atoms with Gasteiger partial charge in [-0.05, 0) is 12.1 Å². The highest BCUT2D eigenvalue weighted by Crippen LogP contribution is 2.25. The van der Waals surface area contributed by atoms with Crippen molar-refractivity contribution in [3.63, 3.8) is 0 Å². The maximum absolute atomic E-state index is 12.9. The first-order valence-corrected chi connectivity index (χ1v) is 17.2. The highest BCUT2D eigenvalue weighted by atomic mass is 16.7. The largest absolute Gasteiger partial charge is 0.491 e. The van der Waals surface area contributed by atoms with Gasteiger partial charge in [-0.3, -0.25) is 38.6 Å². The molecule has 3 aliphatic heterocycles. The van der Waals surface area contributed by atoms with Gasteiger partial charge < -0.3 is 42.7 Å². The van der Waals surface area contributed by atoms with Crippen molar-refractivity contribution in [2.45, 2.75) is 12.8 Å². The van der Waals surface area contributed by atoms with Crippen molar-refractivity contribution in [3.8, 4) is 11.5 Å². The van der Waals surface area contributed by atoms with Crippen LogP contribution in [0.25, 0.3) is 0 Å². The van der Waals surface area contributed by atoms with Gasteiger partial charge in [0.2, 0.25) is 0 Å². The van der Waals surface area contributed by atoms with E-state index in [0.29, 0.717) is 18.3 Å². The van der Waals surface area contributed by atoms with Crippen LogP contribution in [-0.4, -0.2) is 162 Å². The zero-order chi connectivity index (χ0) is 38.5. The number of carbonyl (C=O) groups excluding carboxylic acids is 7. The lowest BCUT2D eigenvalue weighted by Gasteiger charge is -2.15. The van der Waals surface area contributed by atoms with Crippen molar-refractivity contribution in [1.82, 2.24) is 14.9 Å². The number of rotatable bonds is 28. The second-order valence-electron chi connectivity index (χ2n) is 11.3. The minimum absolute atomic E-state index is 0.0198. The SMILES string of the molecule is O=C(ON1C(=O)CCC1=O)c1cc(OCCOCCOCCOCCN2C(=O)C=CC2=O)cc(OCCOCCOCCOCCN2C(=O)C=CC2=O)c1. The van der Waals surface area contributed by atoms with Crippen molar-refractivity contribution in [3.05, 3.63) is 48.1 Å². The first-order chi connectivity index (χ1) is 26.2. The first-order valence-electron chi connectivity index (χ1n) is 17.2. The van der Waals surface area contributed by atoms with E-state index in [1.165, 1.54) is 36.4 Å². The van der Waals surface area contributed by atoms with Crippen LogP contribution in [-0.2, 0) is 62.0 Å². The molecule has 19 heteroatoms. The van der Waals surface area contributed by atoms with Crippen LogP contribution < -0.4 is 9.47 Å². The average molecular weight is 762 g/mol. The molecular weight excluding hydrogens is 718 g/mol. The summed E-state index contributed by atoms with van der Waals surface area (Å²) in [6.45, 7) is 3.61. The zero-order valence-electron chi connectivity index (χ0n) is 29.6. The Balaban J connectivity index is 1.08. The van der Waals surface area contributed by atoms with E-state index < -0.39 is 17.8 Å². The molecule has 0 aliphatic carbocycles. The fourth-order valence-corrected chi connectivity index (χ4v) is 4.79. The second kappa shape index (κ2) is 22.9. The van der Waals surface area contributed by atoms with Crippen molar-refractivity contribution in [1.29, 1.82) is 0 Å². The lowest BCUT2D eigenvalue weighted by Crippen LogP contribution is -2.33. The Labute approximate surface area is 310 Å². The average Bonchev–Trinajstić information content (AvgIpc) is 3.78. The van der Waals surface area contributed by atoms with E-state index in [1.807, 2.05) is 0 Å². The Morgan fingerprint density at radius 2 is 0.796 bits per heavy atom. The second-order valence-corrected chi connectivity index (χ2v) is 11.3. The Kier molecular flexibility index (Phi) is 17.7. The van der Waals surface area contributed by atoms with Gasteiger partial charge in [0.25, 0.3) is 35.4 Å². The minimum atomic E-state index is -0.950. The molecule has 294 valence electrons. The van der Waals surface area contributed by atoms with Crippen LogP contribution >= 0.6 is 0 Å². The van der Waals surface area contributed by atoms with Crippen LogP contribution in [0, 0.1) is 0 Å². The molecular formula is C35H43N3O16.